The van der Waals surface area contributed by atoms with Crippen LogP contribution >= 0.6 is 0 Å². The first-order valence-electron chi connectivity index (χ1n) is 6.33. The fourth-order valence-electron chi connectivity index (χ4n) is 2.31. The zero-order valence-electron chi connectivity index (χ0n) is 11.1. The molecule has 112 valence electrons. The van der Waals surface area contributed by atoms with Crippen molar-refractivity contribution in [2.75, 3.05) is 6.61 Å². The molecule has 6 heteroatoms. The van der Waals surface area contributed by atoms with Gasteiger partial charge in [0.2, 0.25) is 0 Å². The number of halogens is 3. The summed E-state index contributed by atoms with van der Waals surface area (Å²) in [6, 6.07) is 6.05. The molecular weight excluding hydrogens is 297 g/mol. The lowest BCUT2D eigenvalue weighted by molar-refractivity contribution is 0.0697. The summed E-state index contributed by atoms with van der Waals surface area (Å²) in [5.41, 5.74) is 0.418. The van der Waals surface area contributed by atoms with E-state index in [9.17, 15) is 18.0 Å². The predicted molar refractivity (Wildman–Crippen MR) is 72.3 cm³/mol. The quantitative estimate of drug-likeness (QED) is 0.862. The molecule has 0 bridgehead atoms. The molecule has 22 heavy (non-hydrogen) atoms. The topological polar surface area (TPSA) is 46.5 Å². The van der Waals surface area contributed by atoms with E-state index in [0.717, 1.165) is 12.1 Å². The molecule has 0 aliphatic carbocycles. The van der Waals surface area contributed by atoms with Crippen molar-refractivity contribution < 1.29 is 27.8 Å². The summed E-state index contributed by atoms with van der Waals surface area (Å²) in [7, 11) is 0. The Kier molecular flexibility index (Phi) is 3.36. The monoisotopic (exact) mass is 306 g/mol. The van der Waals surface area contributed by atoms with E-state index in [4.69, 9.17) is 9.84 Å². The Labute approximate surface area is 123 Å². The largest absolute Gasteiger partial charge is 0.489 e. The van der Waals surface area contributed by atoms with Crippen LogP contribution in [-0.4, -0.2) is 17.7 Å². The second kappa shape index (κ2) is 5.22. The maximum atomic E-state index is 14.0. The van der Waals surface area contributed by atoms with Crippen LogP contribution in [0.3, 0.4) is 0 Å². The first kappa shape index (κ1) is 14.2. The molecule has 1 heterocycles. The normalized spacial score (nSPS) is 13.1. The third-order valence-corrected chi connectivity index (χ3v) is 3.37. The molecule has 0 radical (unpaired) electrons. The van der Waals surface area contributed by atoms with Crippen molar-refractivity contribution in [2.45, 2.75) is 0 Å². The van der Waals surface area contributed by atoms with E-state index in [1.807, 2.05) is 0 Å². The van der Waals surface area contributed by atoms with Gasteiger partial charge in [-0.3, -0.25) is 0 Å². The van der Waals surface area contributed by atoms with Gasteiger partial charge in [-0.1, -0.05) is 0 Å². The Morgan fingerprint density at radius 3 is 2.55 bits per heavy atom. The minimum Gasteiger partial charge on any atom is -0.489 e. The van der Waals surface area contributed by atoms with Crippen molar-refractivity contribution in [3.8, 4) is 5.75 Å². The highest BCUT2D eigenvalue weighted by Crippen LogP contribution is 2.36. The van der Waals surface area contributed by atoms with Crippen LogP contribution in [0.15, 0.2) is 36.4 Å². The lowest BCUT2D eigenvalue weighted by Gasteiger charge is -2.20. The van der Waals surface area contributed by atoms with Crippen molar-refractivity contribution in [3.63, 3.8) is 0 Å². The minimum atomic E-state index is -1.57. The number of hydrogen-bond donors (Lipinski definition) is 1. The van der Waals surface area contributed by atoms with E-state index < -0.39 is 23.4 Å². The zero-order valence-corrected chi connectivity index (χ0v) is 11.1. The second-order valence-corrected chi connectivity index (χ2v) is 4.67. The summed E-state index contributed by atoms with van der Waals surface area (Å²) < 4.78 is 45.8. The first-order chi connectivity index (χ1) is 10.5. The van der Waals surface area contributed by atoms with Gasteiger partial charge in [0.25, 0.3) is 0 Å². The van der Waals surface area contributed by atoms with Gasteiger partial charge in [-0.05, 0) is 42.0 Å². The third kappa shape index (κ3) is 2.22. The lowest BCUT2D eigenvalue weighted by Crippen LogP contribution is -2.09. The number of carboxylic acids is 1. The van der Waals surface area contributed by atoms with E-state index in [0.29, 0.717) is 11.3 Å². The van der Waals surface area contributed by atoms with Crippen molar-refractivity contribution in [2.24, 2.45) is 0 Å². The molecule has 2 aromatic rings. The van der Waals surface area contributed by atoms with E-state index in [1.54, 1.807) is 0 Å². The molecule has 1 aliphatic heterocycles. The van der Waals surface area contributed by atoms with Crippen LogP contribution in [0, 0.1) is 17.5 Å². The molecule has 0 fully saturated rings. The summed E-state index contributed by atoms with van der Waals surface area (Å²) in [4.78, 5) is 11.1. The summed E-state index contributed by atoms with van der Waals surface area (Å²) in [6.45, 7) is 0.118. The standard InChI is InChI=1S/C16H9F3O3/c17-12-3-2-10(14(18)15(12)19)9-5-6-22-13-4-1-8(16(20)21)7-11(9)13/h1-5,7H,6H2,(H,20,21). The first-order valence-corrected chi connectivity index (χ1v) is 6.33. The summed E-state index contributed by atoms with van der Waals surface area (Å²) >= 11 is 0. The molecule has 0 amide bonds. The van der Waals surface area contributed by atoms with Gasteiger partial charge < -0.3 is 9.84 Å². The van der Waals surface area contributed by atoms with E-state index in [-0.39, 0.29) is 23.3 Å². The van der Waals surface area contributed by atoms with Crippen LogP contribution in [0.1, 0.15) is 21.5 Å². The molecule has 3 rings (SSSR count). The predicted octanol–water partition coefficient (Wildman–Crippen LogP) is 3.63. The van der Waals surface area contributed by atoms with Gasteiger partial charge in [-0.25, -0.2) is 18.0 Å². The molecule has 0 spiro atoms. The summed E-state index contributed by atoms with van der Waals surface area (Å²) in [5, 5.41) is 9.03. The number of fused-ring (bicyclic) bond motifs is 1. The van der Waals surface area contributed by atoms with Crippen LogP contribution in [0.4, 0.5) is 13.2 Å². The zero-order chi connectivity index (χ0) is 15.9. The average molecular weight is 306 g/mol. The highest BCUT2D eigenvalue weighted by molar-refractivity contribution is 5.92. The number of rotatable bonds is 2. The Morgan fingerprint density at radius 1 is 1.05 bits per heavy atom. The van der Waals surface area contributed by atoms with Gasteiger partial charge in [0, 0.05) is 11.1 Å². The minimum absolute atomic E-state index is 0.0156. The van der Waals surface area contributed by atoms with Crippen LogP contribution in [0.5, 0.6) is 5.75 Å². The number of benzene rings is 2. The van der Waals surface area contributed by atoms with Crippen LogP contribution in [0.25, 0.3) is 5.57 Å². The highest BCUT2D eigenvalue weighted by Gasteiger charge is 2.22. The Balaban J connectivity index is 2.19. The molecule has 0 saturated heterocycles. The van der Waals surface area contributed by atoms with Gasteiger partial charge in [-0.2, -0.15) is 0 Å². The number of hydrogen-bond acceptors (Lipinski definition) is 2. The smallest absolute Gasteiger partial charge is 0.335 e. The SMILES string of the molecule is O=C(O)c1ccc2c(c1)C(c1ccc(F)c(F)c1F)=CCO2. The van der Waals surface area contributed by atoms with E-state index in [1.165, 1.54) is 24.3 Å². The Morgan fingerprint density at radius 2 is 1.82 bits per heavy atom. The Bertz CT molecular complexity index is 813. The van der Waals surface area contributed by atoms with Crippen molar-refractivity contribution in [1.29, 1.82) is 0 Å². The number of ether oxygens (including phenoxy) is 1. The van der Waals surface area contributed by atoms with Crippen LogP contribution in [0.2, 0.25) is 0 Å². The molecule has 0 aromatic heterocycles. The molecule has 2 aromatic carbocycles. The van der Waals surface area contributed by atoms with Gasteiger partial charge in [0.05, 0.1) is 5.56 Å². The number of aromatic carboxylic acids is 1. The molecule has 3 nitrogen and oxygen atoms in total. The van der Waals surface area contributed by atoms with Crippen LogP contribution in [-0.2, 0) is 0 Å². The number of carbonyl (C=O) groups is 1. The van der Waals surface area contributed by atoms with Crippen molar-refractivity contribution in [3.05, 3.63) is 70.5 Å². The third-order valence-electron chi connectivity index (χ3n) is 3.37. The maximum Gasteiger partial charge on any atom is 0.335 e. The lowest BCUT2D eigenvalue weighted by atomic mass is 9.93. The van der Waals surface area contributed by atoms with E-state index >= 15 is 0 Å². The van der Waals surface area contributed by atoms with Crippen molar-refractivity contribution in [1.82, 2.24) is 0 Å². The van der Waals surface area contributed by atoms with Crippen LogP contribution < -0.4 is 4.74 Å². The Hall–Kier alpha value is -2.76. The van der Waals surface area contributed by atoms with Gasteiger partial charge >= 0.3 is 5.97 Å². The van der Waals surface area contributed by atoms with Crippen molar-refractivity contribution >= 4 is 11.5 Å². The molecule has 1 aliphatic rings. The number of carboxylic acid groups (broad SMARTS) is 1. The fraction of sp³-hybridized carbons (Fsp3) is 0.0625. The van der Waals surface area contributed by atoms with Gasteiger partial charge in [-0.15, -0.1) is 0 Å². The summed E-state index contributed by atoms with van der Waals surface area (Å²) in [5.74, 6) is -4.97. The molecule has 0 saturated carbocycles. The summed E-state index contributed by atoms with van der Waals surface area (Å²) in [6.07, 6.45) is 1.49. The van der Waals surface area contributed by atoms with Gasteiger partial charge in [0.1, 0.15) is 12.4 Å². The maximum absolute atomic E-state index is 14.0. The molecule has 0 unspecified atom stereocenters. The van der Waals surface area contributed by atoms with E-state index in [2.05, 4.69) is 0 Å². The molecule has 1 N–H and O–H groups in total. The molecular formula is C16H9F3O3. The average Bonchev–Trinajstić information content (AvgIpc) is 2.52. The van der Waals surface area contributed by atoms with Gasteiger partial charge in [0.15, 0.2) is 17.5 Å². The highest BCUT2D eigenvalue weighted by atomic mass is 19.2. The fourth-order valence-corrected chi connectivity index (χ4v) is 2.31. The molecule has 0 atom stereocenters. The second-order valence-electron chi connectivity index (χ2n) is 4.67.